The lowest BCUT2D eigenvalue weighted by Gasteiger charge is -2.07. The summed E-state index contributed by atoms with van der Waals surface area (Å²) >= 11 is 0. The highest BCUT2D eigenvalue weighted by Gasteiger charge is 2.02. The highest BCUT2D eigenvalue weighted by atomic mass is 32.2. The Kier molecular flexibility index (Phi) is 5.60. The molecule has 0 saturated heterocycles. The Morgan fingerprint density at radius 2 is 2.18 bits per heavy atom. The largest absolute Gasteiger partial charge is 0.334 e. The van der Waals surface area contributed by atoms with Crippen molar-refractivity contribution in [1.29, 1.82) is 0 Å². The molecular weight excluding hydrogens is 240 g/mol. The quantitative estimate of drug-likeness (QED) is 0.642. The first-order valence-electron chi connectivity index (χ1n) is 5.68. The molecule has 0 atom stereocenters. The van der Waals surface area contributed by atoms with E-state index in [9.17, 15) is 8.42 Å². The van der Waals surface area contributed by atoms with Crippen molar-refractivity contribution in [2.45, 2.75) is 26.4 Å². The molecule has 0 amide bonds. The Balaban J connectivity index is 2.24. The number of aromatic nitrogens is 2. The Hall–Kier alpha value is -0.920. The molecule has 1 aromatic rings. The fourth-order valence-corrected chi connectivity index (χ4v) is 1.95. The van der Waals surface area contributed by atoms with E-state index >= 15 is 0 Å². The second kappa shape index (κ2) is 6.73. The highest BCUT2D eigenvalue weighted by molar-refractivity contribution is 7.88. The molecule has 1 aromatic heterocycles. The molecule has 0 aliphatic rings. The van der Waals surface area contributed by atoms with Gasteiger partial charge in [-0.1, -0.05) is 6.92 Å². The van der Waals surface area contributed by atoms with Gasteiger partial charge < -0.3 is 9.88 Å². The zero-order valence-corrected chi connectivity index (χ0v) is 11.1. The van der Waals surface area contributed by atoms with Gasteiger partial charge >= 0.3 is 0 Å². The molecule has 98 valence electrons. The first-order valence-corrected chi connectivity index (χ1v) is 7.57. The van der Waals surface area contributed by atoms with E-state index in [2.05, 4.69) is 26.5 Å². The van der Waals surface area contributed by atoms with Gasteiger partial charge in [-0.2, -0.15) is 0 Å². The summed E-state index contributed by atoms with van der Waals surface area (Å²) in [5.74, 6) is 0.978. The van der Waals surface area contributed by atoms with E-state index in [4.69, 9.17) is 0 Å². The fourth-order valence-electron chi connectivity index (χ4n) is 1.48. The van der Waals surface area contributed by atoms with Gasteiger partial charge in [-0.3, -0.25) is 0 Å². The Morgan fingerprint density at radius 3 is 2.82 bits per heavy atom. The van der Waals surface area contributed by atoms with Crippen LogP contribution in [0.25, 0.3) is 0 Å². The first-order chi connectivity index (χ1) is 8.03. The number of nitrogens with zero attached hydrogens (tertiary/aromatic N) is 2. The van der Waals surface area contributed by atoms with E-state index in [1.165, 1.54) is 0 Å². The predicted molar refractivity (Wildman–Crippen MR) is 67.1 cm³/mol. The lowest BCUT2D eigenvalue weighted by Crippen LogP contribution is -2.31. The number of rotatable bonds is 8. The minimum Gasteiger partial charge on any atom is -0.334 e. The number of hydrogen-bond acceptors (Lipinski definition) is 4. The summed E-state index contributed by atoms with van der Waals surface area (Å²) in [4.78, 5) is 4.24. The van der Waals surface area contributed by atoms with Gasteiger partial charge in [-0.25, -0.2) is 18.1 Å². The zero-order chi connectivity index (χ0) is 12.7. The summed E-state index contributed by atoms with van der Waals surface area (Å²) in [6.45, 7) is 4.71. The molecule has 0 radical (unpaired) electrons. The van der Waals surface area contributed by atoms with Crippen molar-refractivity contribution in [3.05, 3.63) is 18.2 Å². The molecule has 0 saturated carbocycles. The van der Waals surface area contributed by atoms with Crippen LogP contribution in [-0.4, -0.2) is 37.3 Å². The monoisotopic (exact) mass is 260 g/mol. The van der Waals surface area contributed by atoms with E-state index in [1.807, 2.05) is 6.20 Å². The van der Waals surface area contributed by atoms with Crippen molar-refractivity contribution in [2.75, 3.05) is 19.3 Å². The topological polar surface area (TPSA) is 76.0 Å². The van der Waals surface area contributed by atoms with Crippen molar-refractivity contribution >= 4 is 10.0 Å². The fraction of sp³-hybridized carbons (Fsp3) is 0.700. The lowest BCUT2D eigenvalue weighted by molar-refractivity contribution is 0.570. The third-order valence-corrected chi connectivity index (χ3v) is 2.94. The Morgan fingerprint density at radius 1 is 1.41 bits per heavy atom. The molecule has 0 fully saturated rings. The van der Waals surface area contributed by atoms with Crippen molar-refractivity contribution in [1.82, 2.24) is 19.6 Å². The molecule has 0 aromatic carbocycles. The molecular formula is C10H20N4O2S. The first kappa shape index (κ1) is 14.1. The molecule has 7 heteroatoms. The third-order valence-electron chi connectivity index (χ3n) is 2.22. The second-order valence-electron chi connectivity index (χ2n) is 3.88. The van der Waals surface area contributed by atoms with Crippen molar-refractivity contribution in [3.63, 3.8) is 0 Å². The van der Waals surface area contributed by atoms with Crippen LogP contribution in [-0.2, 0) is 23.1 Å². The standard InChI is InChI=1S/C10H20N4O2S/c1-3-7-14-8-6-12-10(14)9-11-4-5-13-17(2,15)16/h6,8,11,13H,3-5,7,9H2,1-2H3. The summed E-state index contributed by atoms with van der Waals surface area (Å²) in [6.07, 6.45) is 5.96. The molecule has 0 unspecified atom stereocenters. The average Bonchev–Trinajstić information content (AvgIpc) is 2.64. The lowest BCUT2D eigenvalue weighted by atomic mass is 10.4. The van der Waals surface area contributed by atoms with Crippen LogP contribution in [0.15, 0.2) is 12.4 Å². The smallest absolute Gasteiger partial charge is 0.208 e. The Labute approximate surface area is 102 Å². The summed E-state index contributed by atoms with van der Waals surface area (Å²) in [6, 6.07) is 0. The minimum atomic E-state index is -3.09. The number of aryl methyl sites for hydroxylation is 1. The highest BCUT2D eigenvalue weighted by Crippen LogP contribution is 1.98. The summed E-state index contributed by atoms with van der Waals surface area (Å²) in [7, 11) is -3.09. The van der Waals surface area contributed by atoms with Gasteiger partial charge in [0.15, 0.2) is 0 Å². The van der Waals surface area contributed by atoms with Crippen LogP contribution in [0.5, 0.6) is 0 Å². The molecule has 17 heavy (non-hydrogen) atoms. The molecule has 1 rings (SSSR count). The third kappa shape index (κ3) is 5.81. The summed E-state index contributed by atoms with van der Waals surface area (Å²) in [5, 5.41) is 3.15. The molecule has 2 N–H and O–H groups in total. The molecule has 0 aliphatic heterocycles. The van der Waals surface area contributed by atoms with Gasteiger partial charge in [0.25, 0.3) is 0 Å². The van der Waals surface area contributed by atoms with Crippen LogP contribution in [0.2, 0.25) is 0 Å². The van der Waals surface area contributed by atoms with Gasteiger partial charge in [0.1, 0.15) is 5.82 Å². The maximum atomic E-state index is 10.8. The van der Waals surface area contributed by atoms with Crippen LogP contribution >= 0.6 is 0 Å². The molecule has 1 heterocycles. The average molecular weight is 260 g/mol. The molecule has 6 nitrogen and oxygen atoms in total. The minimum absolute atomic E-state index is 0.396. The summed E-state index contributed by atoms with van der Waals surface area (Å²) < 4.78 is 26.1. The van der Waals surface area contributed by atoms with E-state index in [0.29, 0.717) is 19.6 Å². The van der Waals surface area contributed by atoms with E-state index in [1.54, 1.807) is 6.20 Å². The number of imidazole rings is 1. The number of nitrogens with one attached hydrogen (secondary N) is 2. The molecule has 0 bridgehead atoms. The van der Waals surface area contributed by atoms with Crippen LogP contribution < -0.4 is 10.0 Å². The van der Waals surface area contributed by atoms with Crippen molar-refractivity contribution in [3.8, 4) is 0 Å². The number of hydrogen-bond donors (Lipinski definition) is 2. The van der Waals surface area contributed by atoms with Gasteiger partial charge in [0.05, 0.1) is 12.8 Å². The van der Waals surface area contributed by atoms with E-state index < -0.39 is 10.0 Å². The Bertz CT molecular complexity index is 427. The van der Waals surface area contributed by atoms with Crippen LogP contribution in [0.3, 0.4) is 0 Å². The van der Waals surface area contributed by atoms with Crippen molar-refractivity contribution in [2.24, 2.45) is 0 Å². The SMILES string of the molecule is CCCn1ccnc1CNCCNS(C)(=O)=O. The van der Waals surface area contributed by atoms with Gasteiger partial charge in [0, 0.05) is 32.0 Å². The van der Waals surface area contributed by atoms with Gasteiger partial charge in [-0.05, 0) is 6.42 Å². The number of sulfonamides is 1. The predicted octanol–water partition coefficient (Wildman–Crippen LogP) is -0.0681. The molecule has 0 spiro atoms. The summed E-state index contributed by atoms with van der Waals surface area (Å²) in [5.41, 5.74) is 0. The van der Waals surface area contributed by atoms with Crippen LogP contribution in [0, 0.1) is 0 Å². The van der Waals surface area contributed by atoms with E-state index in [-0.39, 0.29) is 0 Å². The van der Waals surface area contributed by atoms with Crippen LogP contribution in [0.1, 0.15) is 19.2 Å². The van der Waals surface area contributed by atoms with Gasteiger partial charge in [-0.15, -0.1) is 0 Å². The van der Waals surface area contributed by atoms with Crippen LogP contribution in [0.4, 0.5) is 0 Å². The maximum Gasteiger partial charge on any atom is 0.208 e. The second-order valence-corrected chi connectivity index (χ2v) is 5.71. The molecule has 0 aliphatic carbocycles. The maximum absolute atomic E-state index is 10.8. The van der Waals surface area contributed by atoms with Crippen molar-refractivity contribution < 1.29 is 8.42 Å². The van der Waals surface area contributed by atoms with Gasteiger partial charge in [0.2, 0.25) is 10.0 Å². The van der Waals surface area contributed by atoms with E-state index in [0.717, 1.165) is 25.0 Å². The zero-order valence-electron chi connectivity index (χ0n) is 10.3. The normalized spacial score (nSPS) is 11.9.